The monoisotopic (exact) mass is 368 g/mol. The van der Waals surface area contributed by atoms with E-state index in [1.54, 1.807) is 30.3 Å². The highest BCUT2D eigenvalue weighted by molar-refractivity contribution is 6.04. The number of hydrogen-bond donors (Lipinski definition) is 2. The molecule has 0 aliphatic heterocycles. The zero-order valence-electron chi connectivity index (χ0n) is 14.3. The van der Waals surface area contributed by atoms with Crippen molar-refractivity contribution in [1.29, 1.82) is 0 Å². The number of nitro benzene ring substituents is 1. The number of furan rings is 1. The van der Waals surface area contributed by atoms with Gasteiger partial charge in [-0.1, -0.05) is 0 Å². The Hall–Kier alpha value is -3.65. The summed E-state index contributed by atoms with van der Waals surface area (Å²) < 4.78 is 10.9. The van der Waals surface area contributed by atoms with E-state index in [1.807, 2.05) is 0 Å². The van der Waals surface area contributed by atoms with Crippen LogP contribution >= 0.6 is 0 Å². The first-order valence-electron chi connectivity index (χ1n) is 7.95. The normalized spacial score (nSPS) is 10.4. The smallest absolute Gasteiger partial charge is 0.269 e. The maximum absolute atomic E-state index is 12.4. The third kappa shape index (κ3) is 3.96. The highest BCUT2D eigenvalue weighted by Crippen LogP contribution is 2.34. The minimum absolute atomic E-state index is 0.0872. The Bertz CT molecular complexity index is 978. The number of carbonyl (C=O) groups excluding carboxylic acids is 1. The Balaban J connectivity index is 1.85. The molecular formula is C19H16N2O6. The summed E-state index contributed by atoms with van der Waals surface area (Å²) in [5, 5.41) is 22.6. The number of amides is 1. The number of aliphatic hydroxyl groups is 1. The maximum atomic E-state index is 12.4. The van der Waals surface area contributed by atoms with Gasteiger partial charge < -0.3 is 19.6 Å². The molecule has 0 unspecified atom stereocenters. The van der Waals surface area contributed by atoms with Crippen LogP contribution in [-0.2, 0) is 6.61 Å². The Kier molecular flexibility index (Phi) is 5.18. The van der Waals surface area contributed by atoms with Crippen molar-refractivity contribution in [2.75, 3.05) is 12.4 Å². The van der Waals surface area contributed by atoms with Gasteiger partial charge in [-0.25, -0.2) is 0 Å². The predicted molar refractivity (Wildman–Crippen MR) is 97.7 cm³/mol. The highest BCUT2D eigenvalue weighted by atomic mass is 16.6. The largest absolute Gasteiger partial charge is 0.496 e. The predicted octanol–water partition coefficient (Wildman–Crippen LogP) is 3.61. The van der Waals surface area contributed by atoms with Crippen molar-refractivity contribution in [2.24, 2.45) is 0 Å². The third-order valence-electron chi connectivity index (χ3n) is 3.88. The lowest BCUT2D eigenvalue weighted by atomic mass is 10.1. The van der Waals surface area contributed by atoms with Crippen molar-refractivity contribution in [3.05, 3.63) is 76.0 Å². The zero-order chi connectivity index (χ0) is 19.4. The average Bonchev–Trinajstić information content (AvgIpc) is 3.17. The van der Waals surface area contributed by atoms with Gasteiger partial charge in [-0.3, -0.25) is 14.9 Å². The second-order valence-electron chi connectivity index (χ2n) is 5.60. The Morgan fingerprint density at radius 2 is 1.93 bits per heavy atom. The van der Waals surface area contributed by atoms with E-state index < -0.39 is 10.8 Å². The molecule has 1 aromatic heterocycles. The van der Waals surface area contributed by atoms with Crippen LogP contribution in [0.5, 0.6) is 5.75 Å². The quantitative estimate of drug-likeness (QED) is 0.507. The van der Waals surface area contributed by atoms with Gasteiger partial charge in [0.2, 0.25) is 0 Å². The summed E-state index contributed by atoms with van der Waals surface area (Å²) in [6.07, 6.45) is 0. The van der Waals surface area contributed by atoms with Crippen LogP contribution in [0.2, 0.25) is 0 Å². The van der Waals surface area contributed by atoms with Crippen molar-refractivity contribution in [3.63, 3.8) is 0 Å². The minimum atomic E-state index is -0.526. The first-order valence-corrected chi connectivity index (χ1v) is 7.95. The number of carbonyl (C=O) groups is 1. The molecule has 27 heavy (non-hydrogen) atoms. The molecule has 3 aromatic rings. The summed E-state index contributed by atoms with van der Waals surface area (Å²) >= 11 is 0. The molecule has 0 spiro atoms. The van der Waals surface area contributed by atoms with Gasteiger partial charge in [-0.2, -0.15) is 0 Å². The van der Waals surface area contributed by atoms with Gasteiger partial charge in [0.25, 0.3) is 11.6 Å². The van der Waals surface area contributed by atoms with E-state index in [-0.39, 0.29) is 12.3 Å². The first-order chi connectivity index (χ1) is 13.0. The number of ether oxygens (including phenoxy) is 1. The summed E-state index contributed by atoms with van der Waals surface area (Å²) in [5.41, 5.74) is 1.31. The summed E-state index contributed by atoms with van der Waals surface area (Å²) in [6.45, 7) is -0.223. The fourth-order valence-corrected chi connectivity index (χ4v) is 2.52. The van der Waals surface area contributed by atoms with E-state index in [0.29, 0.717) is 34.1 Å². The van der Waals surface area contributed by atoms with Gasteiger partial charge >= 0.3 is 0 Å². The number of nitro groups is 1. The van der Waals surface area contributed by atoms with Gasteiger partial charge in [0.05, 0.1) is 17.6 Å². The van der Waals surface area contributed by atoms with Gasteiger partial charge in [0.15, 0.2) is 0 Å². The van der Waals surface area contributed by atoms with Crippen molar-refractivity contribution in [1.82, 2.24) is 0 Å². The molecule has 0 saturated carbocycles. The molecule has 1 amide bonds. The fraction of sp³-hybridized carbons (Fsp3) is 0.105. The van der Waals surface area contributed by atoms with Crippen LogP contribution in [0.15, 0.2) is 59.0 Å². The Morgan fingerprint density at radius 3 is 2.52 bits per heavy atom. The lowest BCUT2D eigenvalue weighted by Gasteiger charge is -2.10. The van der Waals surface area contributed by atoms with E-state index in [4.69, 9.17) is 14.3 Å². The zero-order valence-corrected chi connectivity index (χ0v) is 14.3. The van der Waals surface area contributed by atoms with Crippen molar-refractivity contribution in [3.8, 4) is 17.1 Å². The van der Waals surface area contributed by atoms with E-state index in [0.717, 1.165) is 0 Å². The molecule has 0 atom stereocenters. The topological polar surface area (TPSA) is 115 Å². The average molecular weight is 368 g/mol. The van der Waals surface area contributed by atoms with Crippen molar-refractivity contribution < 1.29 is 24.0 Å². The number of nitrogens with one attached hydrogen (secondary N) is 1. The number of methoxy groups -OCH3 is 1. The van der Waals surface area contributed by atoms with Crippen molar-refractivity contribution in [2.45, 2.75) is 6.61 Å². The van der Waals surface area contributed by atoms with Crippen LogP contribution in [0.25, 0.3) is 11.3 Å². The number of anilines is 1. The number of nitrogens with zero attached hydrogens (tertiary/aromatic N) is 1. The third-order valence-corrected chi connectivity index (χ3v) is 3.88. The van der Waals surface area contributed by atoms with Gasteiger partial charge in [-0.15, -0.1) is 0 Å². The van der Waals surface area contributed by atoms with E-state index in [9.17, 15) is 14.9 Å². The standard InChI is InChI=1S/C19H16N2O6/c1-26-17-8-4-13(10-16(17)18-9-7-15(11-22)27-18)20-19(23)12-2-5-14(6-3-12)21(24)25/h2-10,22H,11H2,1H3,(H,20,23). The lowest BCUT2D eigenvalue weighted by Crippen LogP contribution is -2.11. The van der Waals surface area contributed by atoms with Crippen LogP contribution in [0.3, 0.4) is 0 Å². The second-order valence-corrected chi connectivity index (χ2v) is 5.60. The molecule has 8 heteroatoms. The molecule has 0 radical (unpaired) electrons. The molecule has 8 nitrogen and oxygen atoms in total. The van der Waals surface area contributed by atoms with E-state index in [1.165, 1.54) is 31.4 Å². The Morgan fingerprint density at radius 1 is 1.19 bits per heavy atom. The number of non-ortho nitro benzene ring substituents is 1. The lowest BCUT2D eigenvalue weighted by molar-refractivity contribution is -0.384. The molecule has 0 bridgehead atoms. The second kappa shape index (κ2) is 7.71. The summed E-state index contributed by atoms with van der Waals surface area (Å²) in [7, 11) is 1.52. The Labute approximate surface area is 154 Å². The first kappa shape index (κ1) is 18.2. The van der Waals surface area contributed by atoms with Gasteiger partial charge in [0.1, 0.15) is 23.9 Å². The van der Waals surface area contributed by atoms with Gasteiger partial charge in [-0.05, 0) is 42.5 Å². The number of benzene rings is 2. The number of aliphatic hydroxyl groups excluding tert-OH is 1. The maximum Gasteiger partial charge on any atom is 0.269 e. The molecule has 1 heterocycles. The minimum Gasteiger partial charge on any atom is -0.496 e. The molecular weight excluding hydrogens is 352 g/mol. The summed E-state index contributed by atoms with van der Waals surface area (Å²) in [4.78, 5) is 22.6. The van der Waals surface area contributed by atoms with Crippen LogP contribution in [0, 0.1) is 10.1 Å². The van der Waals surface area contributed by atoms with E-state index in [2.05, 4.69) is 5.32 Å². The van der Waals surface area contributed by atoms with Crippen LogP contribution in [-0.4, -0.2) is 23.0 Å². The SMILES string of the molecule is COc1ccc(NC(=O)c2ccc([N+](=O)[O-])cc2)cc1-c1ccc(CO)o1. The molecule has 0 aliphatic carbocycles. The fourth-order valence-electron chi connectivity index (χ4n) is 2.52. The molecule has 2 aromatic carbocycles. The van der Waals surface area contributed by atoms with Crippen LogP contribution in [0.1, 0.15) is 16.1 Å². The summed E-state index contributed by atoms with van der Waals surface area (Å²) in [6, 6.07) is 13.7. The molecule has 0 saturated heterocycles. The van der Waals surface area contributed by atoms with E-state index >= 15 is 0 Å². The summed E-state index contributed by atoms with van der Waals surface area (Å²) in [5.74, 6) is 1.04. The highest BCUT2D eigenvalue weighted by Gasteiger charge is 2.14. The number of hydrogen-bond acceptors (Lipinski definition) is 6. The van der Waals surface area contributed by atoms with Crippen LogP contribution in [0.4, 0.5) is 11.4 Å². The van der Waals surface area contributed by atoms with Crippen LogP contribution < -0.4 is 10.1 Å². The molecule has 138 valence electrons. The molecule has 0 aliphatic rings. The molecule has 3 rings (SSSR count). The number of rotatable bonds is 6. The van der Waals surface area contributed by atoms with Crippen molar-refractivity contribution >= 4 is 17.3 Å². The van der Waals surface area contributed by atoms with Gasteiger partial charge in [0, 0.05) is 23.4 Å². The molecule has 0 fully saturated rings. The molecule has 2 N–H and O–H groups in total.